The van der Waals surface area contributed by atoms with E-state index < -0.39 is 0 Å². The average Bonchev–Trinajstić information content (AvgIpc) is 3.05. The molecule has 0 aromatic heterocycles. The standard InChI is InChI=1S/C26H32O3/c1-25-14-12-19(27)16-18(25)8-9-20-21-10-11-23(26(21,2)15-13-22(20)25)29-24(28)17-6-4-3-5-7-17/h3-7,16,20-23H,8-15H2,1-2H3/t20-,21+,22+,23+,25+,26+/m1/s1. The van der Waals surface area contributed by atoms with Crippen LogP contribution < -0.4 is 0 Å². The number of carbonyl (C=O) groups excluding carboxylic acids is 2. The molecular weight excluding hydrogens is 360 g/mol. The fourth-order valence-corrected chi connectivity index (χ4v) is 7.48. The summed E-state index contributed by atoms with van der Waals surface area (Å²) < 4.78 is 6.10. The zero-order chi connectivity index (χ0) is 20.2. The van der Waals surface area contributed by atoms with Crippen molar-refractivity contribution >= 4 is 11.8 Å². The molecule has 29 heavy (non-hydrogen) atoms. The van der Waals surface area contributed by atoms with E-state index in [0.717, 1.165) is 25.7 Å². The lowest BCUT2D eigenvalue weighted by molar-refractivity contribution is -0.118. The second-order valence-electron chi connectivity index (χ2n) is 10.4. The fourth-order valence-electron chi connectivity index (χ4n) is 7.48. The summed E-state index contributed by atoms with van der Waals surface area (Å²) in [6.45, 7) is 4.80. The summed E-state index contributed by atoms with van der Waals surface area (Å²) in [6, 6.07) is 9.39. The molecule has 4 aliphatic rings. The van der Waals surface area contributed by atoms with Gasteiger partial charge in [0.05, 0.1) is 5.56 Å². The first kappa shape index (κ1) is 19.1. The van der Waals surface area contributed by atoms with Gasteiger partial charge in [-0.1, -0.05) is 37.6 Å². The highest BCUT2D eigenvalue weighted by Crippen LogP contribution is 2.65. The Bertz CT molecular complexity index is 856. The van der Waals surface area contributed by atoms with Gasteiger partial charge in [0.25, 0.3) is 0 Å². The summed E-state index contributed by atoms with van der Waals surface area (Å²) in [6.07, 6.45) is 10.5. The molecule has 3 saturated carbocycles. The number of rotatable bonds is 2. The number of ether oxygens (including phenoxy) is 1. The molecule has 0 amide bonds. The number of benzene rings is 1. The predicted molar refractivity (Wildman–Crippen MR) is 112 cm³/mol. The molecule has 0 spiro atoms. The average molecular weight is 393 g/mol. The topological polar surface area (TPSA) is 43.4 Å². The monoisotopic (exact) mass is 392 g/mol. The second-order valence-corrected chi connectivity index (χ2v) is 10.4. The van der Waals surface area contributed by atoms with E-state index in [-0.39, 0.29) is 22.9 Å². The van der Waals surface area contributed by atoms with Crippen LogP contribution in [-0.4, -0.2) is 17.9 Å². The third-order valence-electron chi connectivity index (χ3n) is 9.13. The highest BCUT2D eigenvalue weighted by atomic mass is 16.5. The minimum absolute atomic E-state index is 0.0267. The molecule has 0 bridgehead atoms. The number of carbonyl (C=O) groups is 2. The van der Waals surface area contributed by atoms with Crippen LogP contribution in [0.25, 0.3) is 0 Å². The molecule has 3 heteroatoms. The summed E-state index contributed by atoms with van der Waals surface area (Å²) in [5, 5.41) is 0. The van der Waals surface area contributed by atoms with Crippen LogP contribution in [0.5, 0.6) is 0 Å². The van der Waals surface area contributed by atoms with Crippen LogP contribution in [0.1, 0.15) is 75.6 Å². The van der Waals surface area contributed by atoms with Gasteiger partial charge in [-0.25, -0.2) is 4.79 Å². The maximum Gasteiger partial charge on any atom is 0.338 e. The third kappa shape index (κ3) is 2.92. The summed E-state index contributed by atoms with van der Waals surface area (Å²) >= 11 is 0. The first-order chi connectivity index (χ1) is 13.9. The van der Waals surface area contributed by atoms with Crippen LogP contribution in [0.3, 0.4) is 0 Å². The van der Waals surface area contributed by atoms with Crippen LogP contribution in [0.4, 0.5) is 0 Å². The molecule has 6 atom stereocenters. The number of hydrogen-bond acceptors (Lipinski definition) is 3. The van der Waals surface area contributed by atoms with Crippen molar-refractivity contribution < 1.29 is 14.3 Å². The molecule has 1 aromatic carbocycles. The number of hydrogen-bond donors (Lipinski definition) is 0. The molecule has 5 rings (SSSR count). The van der Waals surface area contributed by atoms with Crippen molar-refractivity contribution in [2.24, 2.45) is 28.6 Å². The van der Waals surface area contributed by atoms with E-state index in [1.165, 1.54) is 24.8 Å². The van der Waals surface area contributed by atoms with Crippen molar-refractivity contribution in [2.75, 3.05) is 0 Å². The SMILES string of the molecule is C[C@]12CC[C@H]3[C@H](CCC4=CC(=O)CC[C@@]43C)[C@@H]1CC[C@@H]2OC(=O)c1ccccc1. The van der Waals surface area contributed by atoms with Crippen molar-refractivity contribution in [2.45, 2.75) is 71.3 Å². The van der Waals surface area contributed by atoms with Crippen LogP contribution in [0.2, 0.25) is 0 Å². The van der Waals surface area contributed by atoms with E-state index in [1.807, 2.05) is 36.4 Å². The lowest BCUT2D eigenvalue weighted by Gasteiger charge is -2.57. The van der Waals surface area contributed by atoms with Crippen LogP contribution in [0.15, 0.2) is 42.0 Å². The molecule has 4 aliphatic carbocycles. The van der Waals surface area contributed by atoms with Crippen LogP contribution in [-0.2, 0) is 9.53 Å². The van der Waals surface area contributed by atoms with Gasteiger partial charge in [0, 0.05) is 11.8 Å². The number of fused-ring (bicyclic) bond motifs is 5. The van der Waals surface area contributed by atoms with E-state index in [1.54, 1.807) is 0 Å². The molecule has 0 saturated heterocycles. The molecule has 0 unspecified atom stereocenters. The van der Waals surface area contributed by atoms with Crippen molar-refractivity contribution in [3.05, 3.63) is 47.5 Å². The number of esters is 1. The molecule has 154 valence electrons. The largest absolute Gasteiger partial charge is 0.458 e. The molecular formula is C26H32O3. The molecule has 0 aliphatic heterocycles. The Morgan fingerprint density at radius 2 is 1.76 bits per heavy atom. The zero-order valence-corrected chi connectivity index (χ0v) is 17.7. The minimum Gasteiger partial charge on any atom is -0.458 e. The Morgan fingerprint density at radius 1 is 0.966 bits per heavy atom. The van der Waals surface area contributed by atoms with Gasteiger partial charge in [-0.2, -0.15) is 0 Å². The maximum atomic E-state index is 12.7. The normalized spacial score (nSPS) is 41.0. The molecule has 3 nitrogen and oxygen atoms in total. The minimum atomic E-state index is -0.175. The Morgan fingerprint density at radius 3 is 2.55 bits per heavy atom. The number of allylic oxidation sites excluding steroid dienone is 1. The van der Waals surface area contributed by atoms with E-state index in [4.69, 9.17) is 4.74 Å². The van der Waals surface area contributed by atoms with Gasteiger partial charge in [-0.3, -0.25) is 4.79 Å². The Kier molecular flexibility index (Phi) is 4.49. The quantitative estimate of drug-likeness (QED) is 0.603. The molecule has 0 heterocycles. The van der Waals surface area contributed by atoms with Gasteiger partial charge in [-0.15, -0.1) is 0 Å². The Hall–Kier alpha value is -1.90. The van der Waals surface area contributed by atoms with E-state index >= 15 is 0 Å². The smallest absolute Gasteiger partial charge is 0.338 e. The van der Waals surface area contributed by atoms with Gasteiger partial charge in [0.15, 0.2) is 5.78 Å². The van der Waals surface area contributed by atoms with Gasteiger partial charge in [0.1, 0.15) is 6.10 Å². The first-order valence-electron chi connectivity index (χ1n) is 11.4. The highest BCUT2D eigenvalue weighted by Gasteiger charge is 2.59. The van der Waals surface area contributed by atoms with Crippen molar-refractivity contribution in [1.29, 1.82) is 0 Å². The van der Waals surface area contributed by atoms with Gasteiger partial charge >= 0.3 is 5.97 Å². The fraction of sp³-hybridized carbons (Fsp3) is 0.615. The van der Waals surface area contributed by atoms with E-state index in [9.17, 15) is 9.59 Å². The maximum absolute atomic E-state index is 12.7. The Balaban J connectivity index is 1.37. The van der Waals surface area contributed by atoms with Gasteiger partial charge < -0.3 is 4.74 Å². The van der Waals surface area contributed by atoms with Crippen molar-refractivity contribution in [3.63, 3.8) is 0 Å². The molecule has 0 radical (unpaired) electrons. The zero-order valence-electron chi connectivity index (χ0n) is 17.7. The van der Waals surface area contributed by atoms with Crippen molar-refractivity contribution in [1.82, 2.24) is 0 Å². The Labute approximate surface area is 173 Å². The highest BCUT2D eigenvalue weighted by molar-refractivity contribution is 5.91. The lowest BCUT2D eigenvalue weighted by atomic mass is 9.47. The van der Waals surface area contributed by atoms with E-state index in [0.29, 0.717) is 35.5 Å². The lowest BCUT2D eigenvalue weighted by Crippen LogP contribution is -2.51. The number of ketones is 1. The summed E-state index contributed by atoms with van der Waals surface area (Å²) in [5.74, 6) is 2.16. The van der Waals surface area contributed by atoms with Crippen molar-refractivity contribution in [3.8, 4) is 0 Å². The summed E-state index contributed by atoms with van der Waals surface area (Å²) in [4.78, 5) is 24.7. The van der Waals surface area contributed by atoms with E-state index in [2.05, 4.69) is 13.8 Å². The summed E-state index contributed by atoms with van der Waals surface area (Å²) in [7, 11) is 0. The molecule has 3 fully saturated rings. The first-order valence-corrected chi connectivity index (χ1v) is 11.4. The third-order valence-corrected chi connectivity index (χ3v) is 9.13. The predicted octanol–water partition coefficient (Wildman–Crippen LogP) is 5.74. The molecule has 1 aromatic rings. The van der Waals surface area contributed by atoms with Gasteiger partial charge in [-0.05, 0) is 86.3 Å². The van der Waals surface area contributed by atoms with Gasteiger partial charge in [0.2, 0.25) is 0 Å². The second kappa shape index (κ2) is 6.82. The molecule has 0 N–H and O–H groups in total. The van der Waals surface area contributed by atoms with Crippen LogP contribution in [0, 0.1) is 28.6 Å². The van der Waals surface area contributed by atoms with Crippen LogP contribution >= 0.6 is 0 Å². The summed E-state index contributed by atoms with van der Waals surface area (Å²) in [5.41, 5.74) is 2.37.